The number of nitrogens with zero attached hydrogens (tertiary/aromatic N) is 2. The lowest BCUT2D eigenvalue weighted by molar-refractivity contribution is 0.0593. The maximum absolute atomic E-state index is 11.2. The highest BCUT2D eigenvalue weighted by atomic mass is 16.5. The number of carbonyl (C=O) groups excluding carboxylic acids is 1. The average molecular weight is 263 g/mol. The number of ether oxygens (including phenoxy) is 1. The Hall–Kier alpha value is -1.65. The first-order chi connectivity index (χ1) is 9.22. The van der Waals surface area contributed by atoms with Gasteiger partial charge in [-0.25, -0.2) is 14.8 Å². The molecule has 1 aliphatic carbocycles. The van der Waals surface area contributed by atoms with Crippen molar-refractivity contribution in [2.45, 2.75) is 45.1 Å². The lowest BCUT2D eigenvalue weighted by Gasteiger charge is -2.28. The summed E-state index contributed by atoms with van der Waals surface area (Å²) in [6.07, 6.45) is 9.24. The van der Waals surface area contributed by atoms with Gasteiger partial charge in [0, 0.05) is 6.04 Å². The van der Waals surface area contributed by atoms with E-state index in [-0.39, 0.29) is 5.69 Å². The number of rotatable bonds is 4. The topological polar surface area (TPSA) is 64.1 Å². The van der Waals surface area contributed by atoms with Gasteiger partial charge in [-0.05, 0) is 31.6 Å². The maximum atomic E-state index is 11.2. The fraction of sp³-hybridized carbons (Fsp3) is 0.643. The Labute approximate surface area is 113 Å². The van der Waals surface area contributed by atoms with Crippen molar-refractivity contribution in [3.05, 3.63) is 18.1 Å². The highest BCUT2D eigenvalue weighted by molar-refractivity contribution is 5.86. The zero-order valence-corrected chi connectivity index (χ0v) is 11.6. The van der Waals surface area contributed by atoms with E-state index in [2.05, 4.69) is 26.9 Å². The Bertz CT molecular complexity index is 411. The fourth-order valence-corrected chi connectivity index (χ4v) is 2.54. The van der Waals surface area contributed by atoms with Gasteiger partial charge in [0.25, 0.3) is 0 Å². The highest BCUT2D eigenvalue weighted by Crippen LogP contribution is 2.27. The fourth-order valence-electron chi connectivity index (χ4n) is 2.54. The molecule has 5 heteroatoms. The standard InChI is InChI=1S/C14H21N3O2/c1-3-10-4-6-11(7-5-10)17-13-9-15-12(8-16-13)14(18)19-2/h8-11H,3-7H2,1-2H3,(H,16,17). The van der Waals surface area contributed by atoms with E-state index in [0.29, 0.717) is 6.04 Å². The minimum atomic E-state index is -0.456. The summed E-state index contributed by atoms with van der Waals surface area (Å²) in [5, 5.41) is 3.38. The minimum absolute atomic E-state index is 0.239. The Morgan fingerprint density at radius 1 is 1.32 bits per heavy atom. The largest absolute Gasteiger partial charge is 0.464 e. The molecular weight excluding hydrogens is 242 g/mol. The second-order valence-corrected chi connectivity index (χ2v) is 5.05. The van der Waals surface area contributed by atoms with Crippen LogP contribution < -0.4 is 5.32 Å². The van der Waals surface area contributed by atoms with Crippen LogP contribution in [0, 0.1) is 5.92 Å². The normalized spacial score (nSPS) is 22.8. The van der Waals surface area contributed by atoms with E-state index in [1.54, 1.807) is 6.20 Å². The number of carbonyl (C=O) groups is 1. The highest BCUT2D eigenvalue weighted by Gasteiger charge is 2.20. The van der Waals surface area contributed by atoms with Crippen molar-refractivity contribution in [1.29, 1.82) is 0 Å². The molecule has 0 aromatic carbocycles. The third-order valence-corrected chi connectivity index (χ3v) is 3.82. The molecule has 1 aromatic heterocycles. The number of esters is 1. The van der Waals surface area contributed by atoms with Crippen LogP contribution >= 0.6 is 0 Å². The summed E-state index contributed by atoms with van der Waals surface area (Å²) < 4.78 is 4.59. The van der Waals surface area contributed by atoms with Gasteiger partial charge in [0.2, 0.25) is 0 Å². The molecule has 0 atom stereocenters. The van der Waals surface area contributed by atoms with Crippen LogP contribution in [-0.2, 0) is 4.74 Å². The Kier molecular flexibility index (Phi) is 4.71. The first kappa shape index (κ1) is 13.8. The number of nitrogens with one attached hydrogen (secondary N) is 1. The van der Waals surface area contributed by atoms with Gasteiger partial charge in [-0.2, -0.15) is 0 Å². The SMILES string of the molecule is CCC1CCC(Nc2cnc(C(=O)OC)cn2)CC1. The van der Waals surface area contributed by atoms with Crippen LogP contribution in [0.15, 0.2) is 12.4 Å². The number of methoxy groups -OCH3 is 1. The monoisotopic (exact) mass is 263 g/mol. The second kappa shape index (κ2) is 6.50. The van der Waals surface area contributed by atoms with E-state index in [4.69, 9.17) is 0 Å². The molecule has 1 N–H and O–H groups in total. The van der Waals surface area contributed by atoms with Gasteiger partial charge in [0.05, 0.1) is 19.5 Å². The molecule has 0 aliphatic heterocycles. The third kappa shape index (κ3) is 3.66. The lowest BCUT2D eigenvalue weighted by atomic mass is 9.84. The molecule has 2 rings (SSSR count). The van der Waals surface area contributed by atoms with E-state index in [1.807, 2.05) is 0 Å². The van der Waals surface area contributed by atoms with Crippen LogP contribution in [0.4, 0.5) is 5.82 Å². The van der Waals surface area contributed by atoms with Crippen LogP contribution in [-0.4, -0.2) is 29.1 Å². The Balaban J connectivity index is 1.88. The van der Waals surface area contributed by atoms with Crippen LogP contribution in [0.1, 0.15) is 49.5 Å². The molecule has 0 spiro atoms. The molecule has 1 aromatic rings. The molecule has 5 nitrogen and oxygen atoms in total. The smallest absolute Gasteiger partial charge is 0.358 e. The first-order valence-electron chi connectivity index (χ1n) is 6.89. The Morgan fingerprint density at radius 2 is 2.05 bits per heavy atom. The molecule has 1 fully saturated rings. The summed E-state index contributed by atoms with van der Waals surface area (Å²) in [6, 6.07) is 0.473. The summed E-state index contributed by atoms with van der Waals surface area (Å²) in [6.45, 7) is 2.26. The number of hydrogen-bond donors (Lipinski definition) is 1. The zero-order chi connectivity index (χ0) is 13.7. The molecule has 104 valence electrons. The summed E-state index contributed by atoms with van der Waals surface area (Å²) in [5.74, 6) is 1.15. The lowest BCUT2D eigenvalue weighted by Crippen LogP contribution is -2.26. The van der Waals surface area contributed by atoms with Crippen molar-refractivity contribution < 1.29 is 9.53 Å². The van der Waals surface area contributed by atoms with E-state index >= 15 is 0 Å². The van der Waals surface area contributed by atoms with Crippen molar-refractivity contribution in [3.8, 4) is 0 Å². The van der Waals surface area contributed by atoms with Gasteiger partial charge >= 0.3 is 5.97 Å². The molecule has 1 saturated carbocycles. The number of aromatic nitrogens is 2. The zero-order valence-electron chi connectivity index (χ0n) is 11.6. The predicted octanol–water partition coefficient (Wildman–Crippen LogP) is 2.64. The van der Waals surface area contributed by atoms with Gasteiger partial charge in [-0.3, -0.25) is 0 Å². The van der Waals surface area contributed by atoms with Gasteiger partial charge in [-0.1, -0.05) is 13.3 Å². The van der Waals surface area contributed by atoms with Gasteiger partial charge in [0.1, 0.15) is 5.82 Å². The molecule has 0 bridgehead atoms. The van der Waals surface area contributed by atoms with E-state index in [1.165, 1.54) is 45.4 Å². The van der Waals surface area contributed by atoms with Crippen molar-refractivity contribution in [1.82, 2.24) is 9.97 Å². The molecular formula is C14H21N3O2. The minimum Gasteiger partial charge on any atom is -0.464 e. The van der Waals surface area contributed by atoms with Gasteiger partial charge in [-0.15, -0.1) is 0 Å². The molecule has 1 heterocycles. The van der Waals surface area contributed by atoms with E-state index in [0.717, 1.165) is 11.7 Å². The second-order valence-electron chi connectivity index (χ2n) is 5.05. The van der Waals surface area contributed by atoms with Crippen LogP contribution in [0.5, 0.6) is 0 Å². The maximum Gasteiger partial charge on any atom is 0.358 e. The predicted molar refractivity (Wildman–Crippen MR) is 73.0 cm³/mol. The number of hydrogen-bond acceptors (Lipinski definition) is 5. The first-order valence-corrected chi connectivity index (χ1v) is 6.89. The summed E-state index contributed by atoms with van der Waals surface area (Å²) >= 11 is 0. The van der Waals surface area contributed by atoms with E-state index in [9.17, 15) is 4.79 Å². The molecule has 0 radical (unpaired) electrons. The quantitative estimate of drug-likeness (QED) is 0.846. The number of anilines is 1. The average Bonchev–Trinajstić information content (AvgIpc) is 2.48. The summed E-state index contributed by atoms with van der Waals surface area (Å²) in [5.41, 5.74) is 0.239. The van der Waals surface area contributed by atoms with Crippen LogP contribution in [0.3, 0.4) is 0 Å². The third-order valence-electron chi connectivity index (χ3n) is 3.82. The van der Waals surface area contributed by atoms with Crippen molar-refractivity contribution >= 4 is 11.8 Å². The van der Waals surface area contributed by atoms with Crippen LogP contribution in [0.25, 0.3) is 0 Å². The van der Waals surface area contributed by atoms with Crippen molar-refractivity contribution in [2.75, 3.05) is 12.4 Å². The summed E-state index contributed by atoms with van der Waals surface area (Å²) in [7, 11) is 1.34. The van der Waals surface area contributed by atoms with E-state index < -0.39 is 5.97 Å². The molecule has 0 saturated heterocycles. The van der Waals surface area contributed by atoms with Gasteiger partial charge in [0.15, 0.2) is 5.69 Å². The van der Waals surface area contributed by atoms with Crippen molar-refractivity contribution in [3.63, 3.8) is 0 Å². The Morgan fingerprint density at radius 3 is 2.58 bits per heavy atom. The molecule has 0 unspecified atom stereocenters. The molecule has 0 amide bonds. The molecule has 19 heavy (non-hydrogen) atoms. The van der Waals surface area contributed by atoms with Crippen LogP contribution in [0.2, 0.25) is 0 Å². The van der Waals surface area contributed by atoms with Crippen molar-refractivity contribution in [2.24, 2.45) is 5.92 Å². The van der Waals surface area contributed by atoms with Gasteiger partial charge < -0.3 is 10.1 Å². The molecule has 1 aliphatic rings. The summed E-state index contributed by atoms with van der Waals surface area (Å²) in [4.78, 5) is 19.5.